The van der Waals surface area contributed by atoms with Gasteiger partial charge < -0.3 is 10.1 Å². The minimum absolute atomic E-state index is 0.0816. The molecule has 1 aromatic heterocycles. The van der Waals surface area contributed by atoms with E-state index in [1.807, 2.05) is 6.92 Å². The zero-order valence-corrected chi connectivity index (χ0v) is 14.5. The normalized spacial score (nSPS) is 25.7. The summed E-state index contributed by atoms with van der Waals surface area (Å²) < 4.78 is 0. The number of nitrogens with zero attached hydrogens (tertiary/aromatic N) is 1. The van der Waals surface area contributed by atoms with Crippen molar-refractivity contribution in [2.24, 2.45) is 5.41 Å². The zero-order chi connectivity index (χ0) is 16.1. The van der Waals surface area contributed by atoms with E-state index < -0.39 is 5.60 Å². The predicted octanol–water partition coefficient (Wildman–Crippen LogP) is 3.77. The van der Waals surface area contributed by atoms with Crippen molar-refractivity contribution in [2.75, 3.05) is 13.1 Å². The van der Waals surface area contributed by atoms with Gasteiger partial charge in [-0.05, 0) is 44.9 Å². The number of likely N-dealkylation sites (tertiary alicyclic amines) is 1. The number of aliphatic hydroxyl groups is 1. The molecule has 0 bridgehead atoms. The van der Waals surface area contributed by atoms with E-state index in [4.69, 9.17) is 0 Å². The molecule has 1 atom stereocenters. The SMILES string of the molecule is Cc1ccc2[nH]c(CN3CC[C@@](C)(O)C(C)(C)C3)c(C)c2c1. The van der Waals surface area contributed by atoms with Crippen LogP contribution in [0.5, 0.6) is 0 Å². The Labute approximate surface area is 133 Å². The van der Waals surface area contributed by atoms with Crippen LogP contribution in [-0.4, -0.2) is 33.7 Å². The highest BCUT2D eigenvalue weighted by atomic mass is 16.3. The molecule has 0 radical (unpaired) electrons. The van der Waals surface area contributed by atoms with Gasteiger partial charge >= 0.3 is 0 Å². The molecule has 0 unspecified atom stereocenters. The fourth-order valence-corrected chi connectivity index (χ4v) is 3.54. The molecule has 120 valence electrons. The lowest BCUT2D eigenvalue weighted by atomic mass is 9.71. The van der Waals surface area contributed by atoms with Crippen molar-refractivity contribution in [3.05, 3.63) is 35.0 Å². The van der Waals surface area contributed by atoms with Crippen LogP contribution < -0.4 is 0 Å². The fourth-order valence-electron chi connectivity index (χ4n) is 3.54. The predicted molar refractivity (Wildman–Crippen MR) is 92.1 cm³/mol. The van der Waals surface area contributed by atoms with E-state index in [2.05, 4.69) is 55.8 Å². The summed E-state index contributed by atoms with van der Waals surface area (Å²) in [5.74, 6) is 0. The highest BCUT2D eigenvalue weighted by molar-refractivity contribution is 5.85. The van der Waals surface area contributed by atoms with Crippen LogP contribution >= 0.6 is 0 Å². The number of piperidine rings is 1. The molecule has 1 fully saturated rings. The van der Waals surface area contributed by atoms with E-state index in [0.29, 0.717) is 0 Å². The number of aromatic amines is 1. The third-order valence-corrected chi connectivity index (χ3v) is 5.69. The lowest BCUT2D eigenvalue weighted by molar-refractivity contribution is -0.107. The summed E-state index contributed by atoms with van der Waals surface area (Å²) in [5, 5.41) is 11.9. The van der Waals surface area contributed by atoms with Crippen LogP contribution in [0, 0.1) is 19.3 Å². The Morgan fingerprint density at radius 1 is 1.23 bits per heavy atom. The summed E-state index contributed by atoms with van der Waals surface area (Å²) in [7, 11) is 0. The Kier molecular flexibility index (Phi) is 3.61. The van der Waals surface area contributed by atoms with Gasteiger partial charge in [-0.15, -0.1) is 0 Å². The molecule has 2 N–H and O–H groups in total. The number of nitrogens with one attached hydrogen (secondary N) is 1. The largest absolute Gasteiger partial charge is 0.390 e. The van der Waals surface area contributed by atoms with Crippen molar-refractivity contribution >= 4 is 10.9 Å². The third kappa shape index (κ3) is 2.57. The van der Waals surface area contributed by atoms with Gasteiger partial charge in [0.15, 0.2) is 0 Å². The van der Waals surface area contributed by atoms with Gasteiger partial charge in [-0.25, -0.2) is 0 Å². The monoisotopic (exact) mass is 300 g/mol. The second kappa shape index (κ2) is 5.10. The number of rotatable bonds is 2. The number of hydrogen-bond acceptors (Lipinski definition) is 2. The van der Waals surface area contributed by atoms with Crippen LogP contribution in [0.4, 0.5) is 0 Å². The average Bonchev–Trinajstić information content (AvgIpc) is 2.71. The van der Waals surface area contributed by atoms with Crippen molar-refractivity contribution in [1.29, 1.82) is 0 Å². The summed E-state index contributed by atoms with van der Waals surface area (Å²) in [6.45, 7) is 13.5. The lowest BCUT2D eigenvalue weighted by Crippen LogP contribution is -2.55. The van der Waals surface area contributed by atoms with Gasteiger partial charge in [-0.3, -0.25) is 4.90 Å². The molecule has 1 aliphatic heterocycles. The molecule has 2 aromatic rings. The lowest BCUT2D eigenvalue weighted by Gasteiger charge is -2.48. The van der Waals surface area contributed by atoms with Crippen LogP contribution in [0.1, 0.15) is 44.0 Å². The van der Waals surface area contributed by atoms with Crippen LogP contribution in [0.15, 0.2) is 18.2 Å². The Bertz CT molecular complexity index is 697. The second-order valence-corrected chi connectivity index (χ2v) is 7.90. The molecular formula is C19H28N2O. The molecule has 1 aliphatic rings. The summed E-state index contributed by atoms with van der Waals surface area (Å²) in [6.07, 6.45) is 0.832. The number of aryl methyl sites for hydroxylation is 2. The molecule has 2 heterocycles. The maximum Gasteiger partial charge on any atom is 0.0694 e. The first kappa shape index (κ1) is 15.6. The number of H-pyrrole nitrogens is 1. The topological polar surface area (TPSA) is 39.3 Å². The first-order valence-corrected chi connectivity index (χ1v) is 8.22. The van der Waals surface area contributed by atoms with Gasteiger partial charge in [-0.2, -0.15) is 0 Å². The Hall–Kier alpha value is -1.32. The summed E-state index contributed by atoms with van der Waals surface area (Å²) in [6, 6.07) is 6.59. The summed E-state index contributed by atoms with van der Waals surface area (Å²) in [4.78, 5) is 6.04. The van der Waals surface area contributed by atoms with Gasteiger partial charge in [0.25, 0.3) is 0 Å². The average molecular weight is 300 g/mol. The van der Waals surface area contributed by atoms with Crippen molar-refractivity contribution in [3.8, 4) is 0 Å². The Balaban J connectivity index is 1.84. The first-order chi connectivity index (χ1) is 10.2. The molecule has 0 amide bonds. The molecule has 1 aromatic carbocycles. The fraction of sp³-hybridized carbons (Fsp3) is 0.579. The van der Waals surface area contributed by atoms with Crippen molar-refractivity contribution in [2.45, 2.75) is 53.2 Å². The molecule has 22 heavy (non-hydrogen) atoms. The molecule has 0 saturated carbocycles. The minimum Gasteiger partial charge on any atom is -0.390 e. The summed E-state index contributed by atoms with van der Waals surface area (Å²) in [5.41, 5.74) is 4.53. The van der Waals surface area contributed by atoms with Gasteiger partial charge in [0, 0.05) is 41.6 Å². The number of aromatic nitrogens is 1. The molecule has 0 aliphatic carbocycles. The van der Waals surface area contributed by atoms with E-state index in [9.17, 15) is 5.11 Å². The van der Waals surface area contributed by atoms with Crippen molar-refractivity contribution in [3.63, 3.8) is 0 Å². The number of hydrogen-bond donors (Lipinski definition) is 2. The van der Waals surface area contributed by atoms with E-state index >= 15 is 0 Å². The van der Waals surface area contributed by atoms with Gasteiger partial charge in [-0.1, -0.05) is 25.5 Å². The zero-order valence-electron chi connectivity index (χ0n) is 14.5. The minimum atomic E-state index is -0.573. The smallest absolute Gasteiger partial charge is 0.0694 e. The van der Waals surface area contributed by atoms with Crippen LogP contribution in [0.3, 0.4) is 0 Å². The number of fused-ring (bicyclic) bond motifs is 1. The van der Waals surface area contributed by atoms with Crippen LogP contribution in [-0.2, 0) is 6.54 Å². The quantitative estimate of drug-likeness (QED) is 0.886. The molecule has 0 spiro atoms. The third-order valence-electron chi connectivity index (χ3n) is 5.69. The van der Waals surface area contributed by atoms with Gasteiger partial charge in [0.1, 0.15) is 0 Å². The molecule has 3 heteroatoms. The van der Waals surface area contributed by atoms with Gasteiger partial charge in [0.2, 0.25) is 0 Å². The maximum absolute atomic E-state index is 10.6. The molecular weight excluding hydrogens is 272 g/mol. The summed E-state index contributed by atoms with van der Waals surface area (Å²) >= 11 is 0. The highest BCUT2D eigenvalue weighted by Crippen LogP contribution is 2.38. The molecule has 3 nitrogen and oxygen atoms in total. The van der Waals surface area contributed by atoms with Crippen LogP contribution in [0.25, 0.3) is 10.9 Å². The van der Waals surface area contributed by atoms with Crippen molar-refractivity contribution < 1.29 is 5.11 Å². The van der Waals surface area contributed by atoms with E-state index in [1.165, 1.54) is 27.7 Å². The van der Waals surface area contributed by atoms with E-state index in [0.717, 1.165) is 26.1 Å². The standard InChI is InChI=1S/C19H28N2O/c1-13-6-7-16-15(10-13)14(2)17(20-16)11-21-9-8-19(5,22)18(3,4)12-21/h6-7,10,20,22H,8-9,11-12H2,1-5H3/t19-/m1/s1. The Morgan fingerprint density at radius 2 is 1.95 bits per heavy atom. The van der Waals surface area contributed by atoms with E-state index in [1.54, 1.807) is 0 Å². The van der Waals surface area contributed by atoms with Crippen molar-refractivity contribution in [1.82, 2.24) is 9.88 Å². The highest BCUT2D eigenvalue weighted by Gasteiger charge is 2.43. The molecule has 3 rings (SSSR count). The maximum atomic E-state index is 10.6. The first-order valence-electron chi connectivity index (χ1n) is 8.22. The van der Waals surface area contributed by atoms with E-state index in [-0.39, 0.29) is 5.41 Å². The van der Waals surface area contributed by atoms with Gasteiger partial charge in [0.05, 0.1) is 5.60 Å². The van der Waals surface area contributed by atoms with Crippen LogP contribution in [0.2, 0.25) is 0 Å². The number of benzene rings is 1. The molecule has 1 saturated heterocycles. The second-order valence-electron chi connectivity index (χ2n) is 7.90. The Morgan fingerprint density at radius 3 is 2.64 bits per heavy atom.